The van der Waals surface area contributed by atoms with Crippen molar-refractivity contribution >= 4 is 17.6 Å². The number of methoxy groups -OCH3 is 1. The molecular weight excluding hydrogens is 273 g/mol. The quantitative estimate of drug-likeness (QED) is 0.796. The Morgan fingerprint density at radius 2 is 2.42 bits per heavy atom. The van der Waals surface area contributed by atoms with Crippen LogP contribution in [0.2, 0.25) is 5.02 Å². The van der Waals surface area contributed by atoms with E-state index in [2.05, 4.69) is 4.74 Å². The first kappa shape index (κ1) is 14.2. The second-order valence-electron chi connectivity index (χ2n) is 4.35. The van der Waals surface area contributed by atoms with Crippen LogP contribution in [0.5, 0.6) is 0 Å². The summed E-state index contributed by atoms with van der Waals surface area (Å²) in [4.78, 5) is 13.4. The molecule has 2 rings (SSSR count). The Labute approximate surface area is 116 Å². The van der Waals surface area contributed by atoms with Crippen LogP contribution in [0.3, 0.4) is 0 Å². The standard InChI is InChI=1S/C13H15ClFNO3/c1-18-13(17)12-8-16(4-5-19-12)7-9-6-10(15)2-3-11(9)14/h2-3,6,12H,4-5,7-8H2,1H3/t12-/m0/s1. The van der Waals surface area contributed by atoms with Crippen molar-refractivity contribution in [3.05, 3.63) is 34.6 Å². The SMILES string of the molecule is COC(=O)[C@@H]1CN(Cc2cc(F)ccc2Cl)CCO1. The monoisotopic (exact) mass is 287 g/mol. The molecule has 0 N–H and O–H groups in total. The number of esters is 1. The van der Waals surface area contributed by atoms with E-state index in [4.69, 9.17) is 16.3 Å². The van der Waals surface area contributed by atoms with Crippen LogP contribution in [-0.2, 0) is 20.8 Å². The van der Waals surface area contributed by atoms with Gasteiger partial charge in [-0.05, 0) is 23.8 Å². The van der Waals surface area contributed by atoms with Gasteiger partial charge in [0, 0.05) is 24.7 Å². The zero-order chi connectivity index (χ0) is 13.8. The number of halogens is 2. The number of morpholine rings is 1. The fourth-order valence-electron chi connectivity index (χ4n) is 2.03. The molecule has 1 aliphatic heterocycles. The zero-order valence-corrected chi connectivity index (χ0v) is 11.3. The molecule has 1 aromatic rings. The molecule has 1 heterocycles. The summed E-state index contributed by atoms with van der Waals surface area (Å²) in [5.74, 6) is -0.716. The number of carbonyl (C=O) groups is 1. The highest BCUT2D eigenvalue weighted by Gasteiger charge is 2.27. The molecule has 19 heavy (non-hydrogen) atoms. The van der Waals surface area contributed by atoms with Gasteiger partial charge in [-0.25, -0.2) is 9.18 Å². The van der Waals surface area contributed by atoms with E-state index in [1.807, 2.05) is 4.90 Å². The lowest BCUT2D eigenvalue weighted by Crippen LogP contribution is -2.46. The third kappa shape index (κ3) is 3.65. The highest BCUT2D eigenvalue weighted by molar-refractivity contribution is 6.31. The summed E-state index contributed by atoms with van der Waals surface area (Å²) in [6, 6.07) is 4.26. The van der Waals surface area contributed by atoms with Crippen molar-refractivity contribution < 1.29 is 18.7 Å². The fourth-order valence-corrected chi connectivity index (χ4v) is 2.20. The van der Waals surface area contributed by atoms with Gasteiger partial charge in [-0.1, -0.05) is 11.6 Å². The van der Waals surface area contributed by atoms with E-state index >= 15 is 0 Å². The Bertz CT molecular complexity index is 469. The summed E-state index contributed by atoms with van der Waals surface area (Å²) in [6.07, 6.45) is -0.592. The molecule has 0 bridgehead atoms. The summed E-state index contributed by atoms with van der Waals surface area (Å²) in [6.45, 7) is 2.00. The molecule has 1 aliphatic rings. The molecule has 0 aromatic heterocycles. The first-order valence-corrected chi connectivity index (χ1v) is 6.33. The van der Waals surface area contributed by atoms with Crippen LogP contribution in [0, 0.1) is 5.82 Å². The van der Waals surface area contributed by atoms with Gasteiger partial charge in [-0.15, -0.1) is 0 Å². The number of hydrogen-bond acceptors (Lipinski definition) is 4. The van der Waals surface area contributed by atoms with Gasteiger partial charge >= 0.3 is 5.97 Å². The van der Waals surface area contributed by atoms with Crippen LogP contribution < -0.4 is 0 Å². The van der Waals surface area contributed by atoms with Gasteiger partial charge in [-0.2, -0.15) is 0 Å². The predicted molar refractivity (Wildman–Crippen MR) is 68.4 cm³/mol. The van der Waals surface area contributed by atoms with E-state index in [0.29, 0.717) is 36.8 Å². The Morgan fingerprint density at radius 3 is 3.16 bits per heavy atom. The van der Waals surface area contributed by atoms with Crippen molar-refractivity contribution in [2.24, 2.45) is 0 Å². The molecule has 0 amide bonds. The van der Waals surface area contributed by atoms with E-state index in [1.165, 1.54) is 25.3 Å². The lowest BCUT2D eigenvalue weighted by atomic mass is 10.2. The molecule has 0 aliphatic carbocycles. The van der Waals surface area contributed by atoms with Gasteiger partial charge in [-0.3, -0.25) is 4.90 Å². The van der Waals surface area contributed by atoms with Crippen molar-refractivity contribution in [2.75, 3.05) is 26.8 Å². The number of rotatable bonds is 3. The molecule has 1 saturated heterocycles. The first-order chi connectivity index (χ1) is 9.10. The largest absolute Gasteiger partial charge is 0.467 e. The second-order valence-corrected chi connectivity index (χ2v) is 4.76. The maximum absolute atomic E-state index is 13.2. The minimum Gasteiger partial charge on any atom is -0.467 e. The molecule has 0 radical (unpaired) electrons. The number of hydrogen-bond donors (Lipinski definition) is 0. The van der Waals surface area contributed by atoms with E-state index in [1.54, 1.807) is 0 Å². The van der Waals surface area contributed by atoms with Crippen LogP contribution in [0.25, 0.3) is 0 Å². The number of ether oxygens (including phenoxy) is 2. The van der Waals surface area contributed by atoms with Crippen LogP contribution in [-0.4, -0.2) is 43.8 Å². The van der Waals surface area contributed by atoms with Crippen molar-refractivity contribution in [3.8, 4) is 0 Å². The minimum atomic E-state index is -0.592. The van der Waals surface area contributed by atoms with E-state index < -0.39 is 12.1 Å². The summed E-state index contributed by atoms with van der Waals surface area (Å²) >= 11 is 6.03. The van der Waals surface area contributed by atoms with Crippen LogP contribution in [0.4, 0.5) is 4.39 Å². The molecule has 104 valence electrons. The number of nitrogens with zero attached hydrogens (tertiary/aromatic N) is 1. The Balaban J connectivity index is 2.02. The summed E-state index contributed by atoms with van der Waals surface area (Å²) in [5.41, 5.74) is 0.701. The van der Waals surface area contributed by atoms with E-state index in [-0.39, 0.29) is 5.82 Å². The van der Waals surface area contributed by atoms with Gasteiger partial charge in [0.25, 0.3) is 0 Å². The smallest absolute Gasteiger partial charge is 0.336 e. The molecule has 0 unspecified atom stereocenters. The second kappa shape index (κ2) is 6.32. The number of carbonyl (C=O) groups excluding carboxylic acids is 1. The van der Waals surface area contributed by atoms with E-state index in [0.717, 1.165) is 0 Å². The molecule has 1 atom stereocenters. The van der Waals surface area contributed by atoms with Gasteiger partial charge in [0.05, 0.1) is 13.7 Å². The Hall–Kier alpha value is -1.17. The van der Waals surface area contributed by atoms with Crippen molar-refractivity contribution in [1.29, 1.82) is 0 Å². The Morgan fingerprint density at radius 1 is 1.63 bits per heavy atom. The third-order valence-electron chi connectivity index (χ3n) is 3.02. The van der Waals surface area contributed by atoms with Crippen LogP contribution >= 0.6 is 11.6 Å². The van der Waals surface area contributed by atoms with Crippen molar-refractivity contribution in [1.82, 2.24) is 4.90 Å². The molecular formula is C13H15ClFNO3. The van der Waals surface area contributed by atoms with Gasteiger partial charge < -0.3 is 9.47 Å². The molecule has 1 fully saturated rings. The molecule has 1 aromatic carbocycles. The van der Waals surface area contributed by atoms with E-state index in [9.17, 15) is 9.18 Å². The van der Waals surface area contributed by atoms with Crippen molar-refractivity contribution in [2.45, 2.75) is 12.6 Å². The maximum Gasteiger partial charge on any atom is 0.336 e. The van der Waals surface area contributed by atoms with Crippen molar-refractivity contribution in [3.63, 3.8) is 0 Å². The normalized spacial score (nSPS) is 20.3. The highest BCUT2D eigenvalue weighted by atomic mass is 35.5. The topological polar surface area (TPSA) is 38.8 Å². The van der Waals surface area contributed by atoms with Crippen LogP contribution in [0.1, 0.15) is 5.56 Å². The van der Waals surface area contributed by atoms with Gasteiger partial charge in [0.15, 0.2) is 6.10 Å². The molecule has 0 spiro atoms. The molecule has 0 saturated carbocycles. The third-order valence-corrected chi connectivity index (χ3v) is 3.39. The fraction of sp³-hybridized carbons (Fsp3) is 0.462. The maximum atomic E-state index is 13.2. The summed E-state index contributed by atoms with van der Waals surface area (Å²) < 4.78 is 23.2. The summed E-state index contributed by atoms with van der Waals surface area (Å²) in [7, 11) is 1.33. The zero-order valence-electron chi connectivity index (χ0n) is 10.6. The van der Waals surface area contributed by atoms with Gasteiger partial charge in [0.1, 0.15) is 5.82 Å². The van der Waals surface area contributed by atoms with Crippen LogP contribution in [0.15, 0.2) is 18.2 Å². The Kier molecular flexibility index (Phi) is 4.74. The first-order valence-electron chi connectivity index (χ1n) is 5.96. The summed E-state index contributed by atoms with van der Waals surface area (Å²) in [5, 5.41) is 0.516. The lowest BCUT2D eigenvalue weighted by molar-refractivity contribution is -0.160. The highest BCUT2D eigenvalue weighted by Crippen LogP contribution is 2.20. The van der Waals surface area contributed by atoms with Gasteiger partial charge in [0.2, 0.25) is 0 Å². The lowest BCUT2D eigenvalue weighted by Gasteiger charge is -2.31. The molecule has 6 heteroatoms. The average molecular weight is 288 g/mol. The predicted octanol–water partition coefficient (Wildman–Crippen LogP) is 1.85. The minimum absolute atomic E-state index is 0.322. The molecule has 4 nitrogen and oxygen atoms in total. The number of benzene rings is 1. The average Bonchev–Trinajstić information content (AvgIpc) is 2.42.